The first-order valence-electron chi connectivity index (χ1n) is 6.61. The topological polar surface area (TPSA) is 55.9 Å². The Hall–Kier alpha value is -1.65. The molecule has 19 heavy (non-hydrogen) atoms. The fourth-order valence-corrected chi connectivity index (χ4v) is 2.50. The molecule has 0 aliphatic heterocycles. The summed E-state index contributed by atoms with van der Waals surface area (Å²) in [5.41, 5.74) is 7.95. The summed E-state index contributed by atoms with van der Waals surface area (Å²) in [6, 6.07) is 8.79. The van der Waals surface area contributed by atoms with Gasteiger partial charge in [-0.05, 0) is 38.3 Å². The highest BCUT2D eigenvalue weighted by atomic mass is 15.3. The molecule has 0 amide bonds. The van der Waals surface area contributed by atoms with E-state index in [9.17, 15) is 0 Å². The zero-order valence-electron chi connectivity index (χ0n) is 11.9. The highest BCUT2D eigenvalue weighted by molar-refractivity contribution is 5.30. The van der Waals surface area contributed by atoms with Crippen molar-refractivity contribution in [2.45, 2.75) is 32.7 Å². The summed E-state index contributed by atoms with van der Waals surface area (Å²) >= 11 is 0. The van der Waals surface area contributed by atoms with Gasteiger partial charge in [0.2, 0.25) is 0 Å². The van der Waals surface area contributed by atoms with Crippen LogP contribution in [0.15, 0.2) is 30.5 Å². The predicted octanol–water partition coefficient (Wildman–Crippen LogP) is 2.17. The van der Waals surface area contributed by atoms with Crippen LogP contribution in [0.3, 0.4) is 0 Å². The summed E-state index contributed by atoms with van der Waals surface area (Å²) in [4.78, 5) is 0. The van der Waals surface area contributed by atoms with Gasteiger partial charge in [-0.1, -0.05) is 29.3 Å². The summed E-state index contributed by atoms with van der Waals surface area (Å²) in [7, 11) is 1.97. The second-order valence-corrected chi connectivity index (χ2v) is 5.13. The molecule has 1 aromatic carbocycles. The predicted molar refractivity (Wildman–Crippen MR) is 77.5 cm³/mol. The average Bonchev–Trinajstić information content (AvgIpc) is 2.75. The second-order valence-electron chi connectivity index (χ2n) is 5.13. The molecule has 102 valence electrons. The average molecular weight is 258 g/mol. The van der Waals surface area contributed by atoms with Gasteiger partial charge in [0.05, 0.1) is 0 Å². The van der Waals surface area contributed by atoms with Gasteiger partial charge in [0, 0.05) is 25.0 Å². The summed E-state index contributed by atoms with van der Waals surface area (Å²) in [6.45, 7) is 4.23. The minimum absolute atomic E-state index is 0.175. The van der Waals surface area contributed by atoms with Gasteiger partial charge in [-0.15, -0.1) is 0 Å². The summed E-state index contributed by atoms with van der Waals surface area (Å²) in [5.74, 6) is 5.71. The Bertz CT molecular complexity index is 525. The van der Waals surface area contributed by atoms with Crippen molar-refractivity contribution in [1.82, 2.24) is 15.2 Å². The van der Waals surface area contributed by atoms with E-state index in [0.717, 1.165) is 12.8 Å². The van der Waals surface area contributed by atoms with Crippen molar-refractivity contribution in [2.24, 2.45) is 12.9 Å². The molecule has 0 bridgehead atoms. The lowest BCUT2D eigenvalue weighted by Crippen LogP contribution is -2.28. The summed E-state index contributed by atoms with van der Waals surface area (Å²) in [5, 5.41) is 4.19. The molecular formula is C15H22N4. The van der Waals surface area contributed by atoms with Crippen LogP contribution in [0.1, 0.15) is 34.8 Å². The smallest absolute Gasteiger partial charge is 0.0492 e. The van der Waals surface area contributed by atoms with Crippen LogP contribution < -0.4 is 11.3 Å². The zero-order chi connectivity index (χ0) is 13.8. The minimum Gasteiger partial charge on any atom is -0.273 e. The summed E-state index contributed by atoms with van der Waals surface area (Å²) < 4.78 is 1.91. The van der Waals surface area contributed by atoms with Crippen LogP contribution in [0.4, 0.5) is 0 Å². The lowest BCUT2D eigenvalue weighted by Gasteiger charge is -2.17. The van der Waals surface area contributed by atoms with E-state index >= 15 is 0 Å². The van der Waals surface area contributed by atoms with Gasteiger partial charge in [0.25, 0.3) is 0 Å². The van der Waals surface area contributed by atoms with E-state index in [4.69, 9.17) is 5.84 Å². The van der Waals surface area contributed by atoms with Gasteiger partial charge >= 0.3 is 0 Å². The third-order valence-corrected chi connectivity index (χ3v) is 3.46. The first kappa shape index (κ1) is 13.8. The van der Waals surface area contributed by atoms with Crippen LogP contribution >= 0.6 is 0 Å². The Labute approximate surface area is 114 Å². The number of aromatic nitrogens is 2. The zero-order valence-corrected chi connectivity index (χ0v) is 11.9. The van der Waals surface area contributed by atoms with E-state index in [1.807, 2.05) is 17.9 Å². The van der Waals surface area contributed by atoms with Gasteiger partial charge in [-0.25, -0.2) is 0 Å². The third-order valence-electron chi connectivity index (χ3n) is 3.46. The Morgan fingerprint density at radius 1 is 1.26 bits per heavy atom. The van der Waals surface area contributed by atoms with E-state index < -0.39 is 0 Å². The van der Waals surface area contributed by atoms with Crippen molar-refractivity contribution in [3.63, 3.8) is 0 Å². The van der Waals surface area contributed by atoms with E-state index in [-0.39, 0.29) is 6.04 Å². The van der Waals surface area contributed by atoms with Crippen molar-refractivity contribution < 1.29 is 0 Å². The monoisotopic (exact) mass is 258 g/mol. The number of rotatable bonds is 5. The number of hydrogen-bond donors (Lipinski definition) is 2. The van der Waals surface area contributed by atoms with Gasteiger partial charge in [0.1, 0.15) is 0 Å². The van der Waals surface area contributed by atoms with Crippen molar-refractivity contribution in [3.05, 3.63) is 52.8 Å². The normalized spacial score (nSPS) is 12.6. The van der Waals surface area contributed by atoms with Crippen LogP contribution in [-0.2, 0) is 13.5 Å². The Kier molecular flexibility index (Phi) is 4.35. The molecular weight excluding hydrogens is 236 g/mol. The molecule has 0 fully saturated rings. The fraction of sp³-hybridized carbons (Fsp3) is 0.400. The van der Waals surface area contributed by atoms with Gasteiger partial charge in [0.15, 0.2) is 0 Å². The molecule has 4 nitrogen and oxygen atoms in total. The van der Waals surface area contributed by atoms with E-state index in [1.54, 1.807) is 0 Å². The maximum absolute atomic E-state index is 5.71. The van der Waals surface area contributed by atoms with Gasteiger partial charge in [-0.3, -0.25) is 16.0 Å². The highest BCUT2D eigenvalue weighted by Gasteiger charge is 2.11. The number of aryl methyl sites for hydroxylation is 4. The number of hydrazine groups is 1. The lowest BCUT2D eigenvalue weighted by molar-refractivity contribution is 0.506. The van der Waals surface area contributed by atoms with Gasteiger partial charge in [-0.2, -0.15) is 5.10 Å². The number of nitrogens with zero attached hydrogens (tertiary/aromatic N) is 2. The Morgan fingerprint density at radius 2 is 1.95 bits per heavy atom. The van der Waals surface area contributed by atoms with Gasteiger partial charge < -0.3 is 0 Å². The largest absolute Gasteiger partial charge is 0.273 e. The standard InChI is InChI=1S/C15H22N4/c1-11-8-12(2)10-13(9-11)15(18-16)5-4-14-6-7-17-19(14)3/h6-10,15,18H,4-5,16H2,1-3H3. The number of hydrogen-bond acceptors (Lipinski definition) is 3. The molecule has 0 aliphatic rings. The maximum Gasteiger partial charge on any atom is 0.0492 e. The molecule has 1 heterocycles. The van der Waals surface area contributed by atoms with Crippen LogP contribution in [0.5, 0.6) is 0 Å². The van der Waals surface area contributed by atoms with Crippen LogP contribution in [-0.4, -0.2) is 9.78 Å². The molecule has 0 spiro atoms. The quantitative estimate of drug-likeness (QED) is 0.638. The van der Waals surface area contributed by atoms with Crippen LogP contribution in [0, 0.1) is 13.8 Å². The molecule has 0 saturated carbocycles. The third kappa shape index (κ3) is 3.43. The second kappa shape index (κ2) is 5.99. The lowest BCUT2D eigenvalue weighted by atomic mass is 9.98. The van der Waals surface area contributed by atoms with Crippen LogP contribution in [0.2, 0.25) is 0 Å². The molecule has 0 saturated heterocycles. The maximum atomic E-state index is 5.71. The number of nitrogens with two attached hydrogens (primary N) is 1. The highest BCUT2D eigenvalue weighted by Crippen LogP contribution is 2.21. The van der Waals surface area contributed by atoms with E-state index in [2.05, 4.69) is 48.6 Å². The fourth-order valence-electron chi connectivity index (χ4n) is 2.50. The molecule has 2 aromatic rings. The number of nitrogens with one attached hydrogen (secondary N) is 1. The van der Waals surface area contributed by atoms with Crippen molar-refractivity contribution in [1.29, 1.82) is 0 Å². The minimum atomic E-state index is 0.175. The SMILES string of the molecule is Cc1cc(C)cc(C(CCc2ccnn2C)NN)c1. The first-order valence-corrected chi connectivity index (χ1v) is 6.61. The molecule has 1 aromatic heterocycles. The molecule has 2 rings (SSSR count). The van der Waals surface area contributed by atoms with Crippen LogP contribution in [0.25, 0.3) is 0 Å². The molecule has 4 heteroatoms. The molecule has 1 atom stereocenters. The molecule has 0 radical (unpaired) electrons. The Balaban J connectivity index is 2.09. The Morgan fingerprint density at radius 3 is 2.47 bits per heavy atom. The number of benzene rings is 1. The molecule has 1 unspecified atom stereocenters. The molecule has 0 aliphatic carbocycles. The van der Waals surface area contributed by atoms with Crippen molar-refractivity contribution >= 4 is 0 Å². The van der Waals surface area contributed by atoms with Crippen molar-refractivity contribution in [2.75, 3.05) is 0 Å². The van der Waals surface area contributed by atoms with Crippen molar-refractivity contribution in [3.8, 4) is 0 Å². The van der Waals surface area contributed by atoms with E-state index in [1.165, 1.54) is 22.4 Å². The van der Waals surface area contributed by atoms with E-state index in [0.29, 0.717) is 0 Å². The summed E-state index contributed by atoms with van der Waals surface area (Å²) in [6.07, 6.45) is 3.74. The molecule has 3 N–H and O–H groups in total. The first-order chi connectivity index (χ1) is 9.10.